The number of amides is 1. The van der Waals surface area contributed by atoms with E-state index in [9.17, 15) is 4.79 Å². The Labute approximate surface area is 152 Å². The largest absolute Gasteiger partial charge is 0.341 e. The third-order valence-corrected chi connectivity index (χ3v) is 5.46. The monoisotopic (exact) mass is 359 g/mol. The minimum Gasteiger partial charge on any atom is -0.341 e. The maximum atomic E-state index is 12.3. The number of carbonyl (C=O) groups is 1. The van der Waals surface area contributed by atoms with Gasteiger partial charge >= 0.3 is 0 Å². The predicted octanol–water partition coefficient (Wildman–Crippen LogP) is -0.196. The van der Waals surface area contributed by atoms with Crippen LogP contribution in [-0.4, -0.2) is 76.9 Å². The Morgan fingerprint density at radius 1 is 1.15 bits per heavy atom. The first kappa shape index (κ1) is 17.1. The number of nitrogens with zero attached hydrogens (tertiary/aromatic N) is 9. The molecule has 0 unspecified atom stereocenters. The minimum absolute atomic E-state index is 0.0587. The van der Waals surface area contributed by atoms with E-state index in [0.29, 0.717) is 5.92 Å². The van der Waals surface area contributed by atoms with Crippen LogP contribution in [0.25, 0.3) is 0 Å². The molecule has 0 aromatic carbocycles. The minimum atomic E-state index is 0.0587. The zero-order valence-corrected chi connectivity index (χ0v) is 15.2. The molecule has 140 valence electrons. The van der Waals surface area contributed by atoms with Gasteiger partial charge in [0.1, 0.15) is 24.5 Å². The van der Waals surface area contributed by atoms with E-state index in [0.717, 1.165) is 57.2 Å². The molecular formula is C16H25N9O. The molecule has 26 heavy (non-hydrogen) atoms. The van der Waals surface area contributed by atoms with Crippen LogP contribution in [-0.2, 0) is 24.9 Å². The molecule has 2 aromatic heterocycles. The second-order valence-electron chi connectivity index (χ2n) is 7.18. The predicted molar refractivity (Wildman–Crippen MR) is 91.9 cm³/mol. The second kappa shape index (κ2) is 7.48. The molecule has 0 atom stereocenters. The van der Waals surface area contributed by atoms with E-state index in [-0.39, 0.29) is 12.5 Å². The van der Waals surface area contributed by atoms with Gasteiger partial charge < -0.3 is 9.47 Å². The van der Waals surface area contributed by atoms with Gasteiger partial charge in [0.2, 0.25) is 5.91 Å². The van der Waals surface area contributed by atoms with Crippen molar-refractivity contribution in [1.29, 1.82) is 0 Å². The number of rotatable bonds is 5. The summed E-state index contributed by atoms with van der Waals surface area (Å²) in [5.41, 5.74) is 0. The third-order valence-electron chi connectivity index (χ3n) is 5.46. The number of likely N-dealkylation sites (tertiary alicyclic amines) is 2. The Bertz CT molecular complexity index is 727. The summed E-state index contributed by atoms with van der Waals surface area (Å²) in [5, 5.41) is 19.8. The Balaban J connectivity index is 1.33. The van der Waals surface area contributed by atoms with Crippen molar-refractivity contribution in [2.45, 2.75) is 44.7 Å². The Morgan fingerprint density at radius 3 is 2.62 bits per heavy atom. The average molecular weight is 359 g/mol. The zero-order valence-electron chi connectivity index (χ0n) is 15.2. The highest BCUT2D eigenvalue weighted by Crippen LogP contribution is 2.27. The van der Waals surface area contributed by atoms with Crippen LogP contribution in [0, 0.1) is 0 Å². The number of piperidine rings is 1. The molecule has 0 bridgehead atoms. The van der Waals surface area contributed by atoms with E-state index < -0.39 is 0 Å². The standard InChI is InChI=1S/C16H25N9O/c1-22-14(10-23-6-2-3-7-23)18-19-16(22)13-4-8-24(9-5-13)15(26)11-25-12-17-20-21-25/h12-13H,2-11H2,1H3. The molecule has 2 aliphatic heterocycles. The van der Waals surface area contributed by atoms with Crippen LogP contribution in [0.15, 0.2) is 6.33 Å². The molecule has 0 N–H and O–H groups in total. The molecule has 2 fully saturated rings. The lowest BCUT2D eigenvalue weighted by molar-refractivity contribution is -0.133. The van der Waals surface area contributed by atoms with Crippen molar-refractivity contribution >= 4 is 5.91 Å². The van der Waals surface area contributed by atoms with Gasteiger partial charge in [0.05, 0.1) is 6.54 Å². The van der Waals surface area contributed by atoms with E-state index >= 15 is 0 Å². The smallest absolute Gasteiger partial charge is 0.244 e. The molecule has 10 nitrogen and oxygen atoms in total. The number of aromatic nitrogens is 7. The highest BCUT2D eigenvalue weighted by molar-refractivity contribution is 5.75. The van der Waals surface area contributed by atoms with Gasteiger partial charge in [-0.2, -0.15) is 0 Å². The van der Waals surface area contributed by atoms with Gasteiger partial charge in [-0.05, 0) is 49.2 Å². The highest BCUT2D eigenvalue weighted by atomic mass is 16.2. The van der Waals surface area contributed by atoms with Crippen LogP contribution in [0.1, 0.15) is 43.3 Å². The summed E-state index contributed by atoms with van der Waals surface area (Å²) in [7, 11) is 2.07. The van der Waals surface area contributed by atoms with Crippen LogP contribution in [0.5, 0.6) is 0 Å². The molecule has 0 spiro atoms. The van der Waals surface area contributed by atoms with Crippen molar-refractivity contribution in [3.63, 3.8) is 0 Å². The quantitative estimate of drug-likeness (QED) is 0.729. The molecule has 2 saturated heterocycles. The maximum Gasteiger partial charge on any atom is 0.244 e. The summed E-state index contributed by atoms with van der Waals surface area (Å²) < 4.78 is 3.61. The van der Waals surface area contributed by atoms with E-state index in [2.05, 4.69) is 42.2 Å². The fourth-order valence-corrected chi connectivity index (χ4v) is 3.89. The summed E-state index contributed by atoms with van der Waals surface area (Å²) >= 11 is 0. The zero-order chi connectivity index (χ0) is 17.9. The molecule has 0 aliphatic carbocycles. The molecule has 2 aromatic rings. The van der Waals surface area contributed by atoms with Gasteiger partial charge in [0.25, 0.3) is 0 Å². The summed E-state index contributed by atoms with van der Waals surface area (Å²) in [6.45, 7) is 4.86. The first-order valence-electron chi connectivity index (χ1n) is 9.30. The number of hydrogen-bond acceptors (Lipinski definition) is 7. The first-order chi connectivity index (χ1) is 12.7. The molecule has 0 radical (unpaired) electrons. The fraction of sp³-hybridized carbons (Fsp3) is 0.750. The van der Waals surface area contributed by atoms with Gasteiger partial charge in [0, 0.05) is 26.1 Å². The van der Waals surface area contributed by atoms with Gasteiger partial charge in [-0.1, -0.05) is 0 Å². The number of carbonyl (C=O) groups excluding carboxylic acids is 1. The van der Waals surface area contributed by atoms with Crippen LogP contribution in [0.2, 0.25) is 0 Å². The SMILES string of the molecule is Cn1c(CN2CCCC2)nnc1C1CCN(C(=O)Cn2cnnn2)CC1. The Morgan fingerprint density at radius 2 is 1.92 bits per heavy atom. The van der Waals surface area contributed by atoms with E-state index in [1.165, 1.54) is 23.9 Å². The first-order valence-corrected chi connectivity index (χ1v) is 9.30. The van der Waals surface area contributed by atoms with Gasteiger partial charge in [-0.25, -0.2) is 4.68 Å². The summed E-state index contributed by atoms with van der Waals surface area (Å²) in [5.74, 6) is 2.51. The molecule has 2 aliphatic rings. The Hall–Kier alpha value is -2.36. The van der Waals surface area contributed by atoms with Crippen LogP contribution >= 0.6 is 0 Å². The van der Waals surface area contributed by atoms with Crippen LogP contribution in [0.3, 0.4) is 0 Å². The van der Waals surface area contributed by atoms with E-state index in [4.69, 9.17) is 0 Å². The van der Waals surface area contributed by atoms with Gasteiger partial charge in [-0.3, -0.25) is 9.69 Å². The fourth-order valence-electron chi connectivity index (χ4n) is 3.89. The topological polar surface area (TPSA) is 97.9 Å². The lowest BCUT2D eigenvalue weighted by Gasteiger charge is -2.31. The van der Waals surface area contributed by atoms with Crippen molar-refractivity contribution in [3.05, 3.63) is 18.0 Å². The number of tetrazole rings is 1. The summed E-state index contributed by atoms with van der Waals surface area (Å²) in [4.78, 5) is 16.7. The lowest BCUT2D eigenvalue weighted by atomic mass is 9.96. The van der Waals surface area contributed by atoms with Gasteiger partial charge in [-0.15, -0.1) is 15.3 Å². The molecule has 0 saturated carbocycles. The lowest BCUT2D eigenvalue weighted by Crippen LogP contribution is -2.40. The highest BCUT2D eigenvalue weighted by Gasteiger charge is 2.28. The van der Waals surface area contributed by atoms with Gasteiger partial charge in [0.15, 0.2) is 0 Å². The summed E-state index contributed by atoms with van der Waals surface area (Å²) in [6.07, 6.45) is 5.85. The van der Waals surface area contributed by atoms with Crippen molar-refractivity contribution in [3.8, 4) is 0 Å². The molecule has 1 amide bonds. The average Bonchev–Trinajstić information content (AvgIpc) is 3.40. The van der Waals surface area contributed by atoms with Crippen LogP contribution in [0.4, 0.5) is 0 Å². The Kier molecular flexibility index (Phi) is 4.91. The van der Waals surface area contributed by atoms with Crippen molar-refractivity contribution in [2.24, 2.45) is 7.05 Å². The summed E-state index contributed by atoms with van der Waals surface area (Å²) in [6, 6.07) is 0. The van der Waals surface area contributed by atoms with Crippen LogP contribution < -0.4 is 0 Å². The third kappa shape index (κ3) is 3.59. The van der Waals surface area contributed by atoms with E-state index in [1.807, 2.05) is 4.90 Å². The molecule has 4 rings (SSSR count). The molecule has 4 heterocycles. The van der Waals surface area contributed by atoms with Crippen molar-refractivity contribution in [2.75, 3.05) is 26.2 Å². The normalized spacial score (nSPS) is 19.3. The number of hydrogen-bond donors (Lipinski definition) is 0. The van der Waals surface area contributed by atoms with Crippen molar-refractivity contribution < 1.29 is 4.79 Å². The van der Waals surface area contributed by atoms with E-state index in [1.54, 1.807) is 0 Å². The maximum absolute atomic E-state index is 12.3. The molecular weight excluding hydrogens is 334 g/mol. The second-order valence-corrected chi connectivity index (χ2v) is 7.18. The molecule has 10 heteroatoms. The van der Waals surface area contributed by atoms with Crippen molar-refractivity contribution in [1.82, 2.24) is 44.8 Å².